The summed E-state index contributed by atoms with van der Waals surface area (Å²) in [6, 6.07) is 20.7. The Balaban J connectivity index is 1.54. The Bertz CT molecular complexity index is 1300. The van der Waals surface area contributed by atoms with Gasteiger partial charge in [-0.15, -0.1) is 0 Å². The van der Waals surface area contributed by atoms with Crippen molar-refractivity contribution < 1.29 is 14.3 Å². The average Bonchev–Trinajstić information content (AvgIpc) is 2.80. The Morgan fingerprint density at radius 1 is 0.938 bits per heavy atom. The van der Waals surface area contributed by atoms with Gasteiger partial charge >= 0.3 is 0 Å². The molecular weight excluding hydrogens is 405 g/mol. The number of benzene rings is 3. The Morgan fingerprint density at radius 2 is 1.72 bits per heavy atom. The van der Waals surface area contributed by atoms with Crippen molar-refractivity contribution in [2.45, 2.75) is 19.3 Å². The Hall–Kier alpha value is -4.06. The molecule has 0 saturated carbocycles. The fourth-order valence-corrected chi connectivity index (χ4v) is 3.98. The van der Waals surface area contributed by atoms with Crippen LogP contribution in [0, 0.1) is 5.82 Å². The average molecular weight is 425 g/mol. The molecule has 6 heteroatoms. The number of hydrogen-bond donors (Lipinski definition) is 2. The van der Waals surface area contributed by atoms with Gasteiger partial charge in [0, 0.05) is 11.1 Å². The van der Waals surface area contributed by atoms with Gasteiger partial charge in [-0.05, 0) is 54.3 Å². The lowest BCUT2D eigenvalue weighted by Gasteiger charge is -2.21. The predicted octanol–water partition coefficient (Wildman–Crippen LogP) is 4.94. The van der Waals surface area contributed by atoms with Gasteiger partial charge in [0.05, 0.1) is 17.8 Å². The van der Waals surface area contributed by atoms with Crippen LogP contribution in [0.15, 0.2) is 72.8 Å². The molecule has 2 N–H and O–H groups in total. The fraction of sp³-hybridized carbons (Fsp3) is 0.115. The second kappa shape index (κ2) is 8.23. The van der Waals surface area contributed by atoms with Gasteiger partial charge in [0.2, 0.25) is 5.91 Å². The number of carbonyl (C=O) groups excluding carboxylic acids is 1. The van der Waals surface area contributed by atoms with Gasteiger partial charge in [0.25, 0.3) is 0 Å². The number of hydrogen-bond acceptors (Lipinski definition) is 4. The van der Waals surface area contributed by atoms with E-state index in [1.807, 2.05) is 36.4 Å². The minimum Gasteiger partial charge on any atom is -0.508 e. The van der Waals surface area contributed by atoms with E-state index < -0.39 is 0 Å². The molecule has 0 unspecified atom stereocenters. The summed E-state index contributed by atoms with van der Waals surface area (Å²) in [7, 11) is 0. The Morgan fingerprint density at radius 3 is 2.50 bits per heavy atom. The lowest BCUT2D eigenvalue weighted by atomic mass is 9.91. The number of carbonyl (C=O) groups is 1. The zero-order valence-electron chi connectivity index (χ0n) is 17.2. The predicted molar refractivity (Wildman–Crippen MR) is 121 cm³/mol. The number of halogens is 1. The van der Waals surface area contributed by atoms with Crippen molar-refractivity contribution in [3.8, 4) is 28.3 Å². The number of rotatable bonds is 4. The number of anilines is 1. The molecule has 0 radical (unpaired) electrons. The molecule has 4 aromatic rings. The molecule has 0 fully saturated rings. The van der Waals surface area contributed by atoms with Crippen molar-refractivity contribution in [2.24, 2.45) is 0 Å². The van der Waals surface area contributed by atoms with E-state index in [-0.39, 0.29) is 23.9 Å². The van der Waals surface area contributed by atoms with Gasteiger partial charge in [-0.25, -0.2) is 14.4 Å². The van der Waals surface area contributed by atoms with Gasteiger partial charge < -0.3 is 10.4 Å². The zero-order valence-corrected chi connectivity index (χ0v) is 17.2. The molecule has 0 aliphatic heterocycles. The molecule has 1 aliphatic rings. The maximum absolute atomic E-state index is 13.2. The van der Waals surface area contributed by atoms with Crippen molar-refractivity contribution in [1.82, 2.24) is 9.97 Å². The number of nitrogens with zero attached hydrogens (tertiary/aromatic N) is 2. The highest BCUT2D eigenvalue weighted by molar-refractivity contribution is 5.95. The quantitative estimate of drug-likeness (QED) is 0.486. The maximum Gasteiger partial charge on any atom is 0.230 e. The van der Waals surface area contributed by atoms with Gasteiger partial charge in [0.1, 0.15) is 17.3 Å². The number of aryl methyl sites for hydroxylation is 2. The van der Waals surface area contributed by atoms with E-state index in [0.717, 1.165) is 34.5 Å². The minimum atomic E-state index is -0.338. The molecule has 1 amide bonds. The van der Waals surface area contributed by atoms with Gasteiger partial charge in [-0.3, -0.25) is 4.79 Å². The molecule has 32 heavy (non-hydrogen) atoms. The van der Waals surface area contributed by atoms with Gasteiger partial charge in [-0.2, -0.15) is 0 Å². The molecule has 3 aromatic carbocycles. The number of aromatic hydroxyl groups is 1. The van der Waals surface area contributed by atoms with E-state index in [1.165, 1.54) is 12.1 Å². The van der Waals surface area contributed by atoms with Crippen LogP contribution < -0.4 is 5.32 Å². The molecule has 0 spiro atoms. The highest BCUT2D eigenvalue weighted by Crippen LogP contribution is 2.36. The van der Waals surface area contributed by atoms with Crippen LogP contribution in [-0.4, -0.2) is 21.0 Å². The number of phenols is 1. The Kier molecular flexibility index (Phi) is 5.11. The van der Waals surface area contributed by atoms with Crippen LogP contribution in [0.1, 0.15) is 16.8 Å². The molecule has 1 heterocycles. The SMILES string of the molecule is O=C(Cc1ccc(F)cc1)Nc1nc2c(nc1-c1ccccc1)-c1ccc(O)cc1CC2. The lowest BCUT2D eigenvalue weighted by Crippen LogP contribution is -2.18. The van der Waals surface area contributed by atoms with E-state index in [1.54, 1.807) is 24.3 Å². The first-order valence-electron chi connectivity index (χ1n) is 10.4. The van der Waals surface area contributed by atoms with Crippen LogP contribution in [0.25, 0.3) is 22.5 Å². The number of phenolic OH excluding ortho intramolecular Hbond substituents is 1. The Labute approximate surface area is 184 Å². The van der Waals surface area contributed by atoms with Crippen LogP contribution in [0.5, 0.6) is 5.75 Å². The summed E-state index contributed by atoms with van der Waals surface area (Å²) in [4.78, 5) is 22.5. The van der Waals surface area contributed by atoms with Crippen LogP contribution in [0.4, 0.5) is 10.2 Å². The normalized spacial score (nSPS) is 12.0. The summed E-state index contributed by atoms with van der Waals surface area (Å²) in [6.45, 7) is 0. The monoisotopic (exact) mass is 425 g/mol. The van der Waals surface area contributed by atoms with E-state index in [4.69, 9.17) is 9.97 Å². The summed E-state index contributed by atoms with van der Waals surface area (Å²) >= 11 is 0. The summed E-state index contributed by atoms with van der Waals surface area (Å²) in [5.74, 6) is 0.0521. The van der Waals surface area contributed by atoms with Crippen LogP contribution >= 0.6 is 0 Å². The number of amides is 1. The molecule has 5 rings (SSSR count). The largest absolute Gasteiger partial charge is 0.508 e. The molecule has 1 aromatic heterocycles. The highest BCUT2D eigenvalue weighted by Gasteiger charge is 2.23. The van der Waals surface area contributed by atoms with E-state index >= 15 is 0 Å². The smallest absolute Gasteiger partial charge is 0.230 e. The fourth-order valence-electron chi connectivity index (χ4n) is 3.98. The number of fused-ring (bicyclic) bond motifs is 3. The van der Waals surface area contributed by atoms with Crippen molar-refractivity contribution in [3.05, 3.63) is 95.4 Å². The zero-order chi connectivity index (χ0) is 22.1. The highest BCUT2D eigenvalue weighted by atomic mass is 19.1. The third-order valence-electron chi connectivity index (χ3n) is 5.53. The molecular formula is C26H20FN3O2. The lowest BCUT2D eigenvalue weighted by molar-refractivity contribution is -0.115. The third-order valence-corrected chi connectivity index (χ3v) is 5.53. The van der Waals surface area contributed by atoms with E-state index in [0.29, 0.717) is 23.5 Å². The first-order chi connectivity index (χ1) is 15.6. The van der Waals surface area contributed by atoms with Gasteiger partial charge in [-0.1, -0.05) is 42.5 Å². The van der Waals surface area contributed by atoms with Crippen LogP contribution in [0.2, 0.25) is 0 Å². The maximum atomic E-state index is 13.2. The number of aromatic nitrogens is 2. The van der Waals surface area contributed by atoms with Crippen molar-refractivity contribution >= 4 is 11.7 Å². The summed E-state index contributed by atoms with van der Waals surface area (Å²) in [5.41, 5.74) is 5.67. The topological polar surface area (TPSA) is 75.1 Å². The van der Waals surface area contributed by atoms with Crippen LogP contribution in [-0.2, 0) is 24.1 Å². The molecule has 0 bridgehead atoms. The second-order valence-electron chi connectivity index (χ2n) is 7.78. The number of nitrogens with one attached hydrogen (secondary N) is 1. The summed E-state index contributed by atoms with van der Waals surface area (Å²) in [5, 5.41) is 12.8. The molecule has 0 atom stereocenters. The standard InChI is InChI=1S/C26H20FN3O2/c27-19-9-6-16(7-10-19)14-23(32)29-26-24(17-4-2-1-3-5-17)30-25-21-12-11-20(31)15-18(21)8-13-22(25)28-26/h1-7,9-12,15,31H,8,13-14H2,(H,28,29,32). The van der Waals surface area contributed by atoms with E-state index in [2.05, 4.69) is 5.32 Å². The summed E-state index contributed by atoms with van der Waals surface area (Å²) < 4.78 is 13.2. The first kappa shape index (κ1) is 19.9. The second-order valence-corrected chi connectivity index (χ2v) is 7.78. The van der Waals surface area contributed by atoms with Gasteiger partial charge in [0.15, 0.2) is 5.82 Å². The van der Waals surface area contributed by atoms with Crippen LogP contribution in [0.3, 0.4) is 0 Å². The summed E-state index contributed by atoms with van der Waals surface area (Å²) in [6.07, 6.45) is 1.50. The molecule has 158 valence electrons. The molecule has 5 nitrogen and oxygen atoms in total. The third kappa shape index (κ3) is 3.95. The minimum absolute atomic E-state index is 0.107. The van der Waals surface area contributed by atoms with E-state index in [9.17, 15) is 14.3 Å². The van der Waals surface area contributed by atoms with Crippen molar-refractivity contribution in [2.75, 3.05) is 5.32 Å². The molecule has 1 aliphatic carbocycles. The van der Waals surface area contributed by atoms with Crippen molar-refractivity contribution in [3.63, 3.8) is 0 Å². The molecule has 0 saturated heterocycles. The first-order valence-corrected chi connectivity index (χ1v) is 10.4. The van der Waals surface area contributed by atoms with Crippen molar-refractivity contribution in [1.29, 1.82) is 0 Å².